The van der Waals surface area contributed by atoms with E-state index in [1.54, 1.807) is 4.90 Å². The lowest BCUT2D eigenvalue weighted by atomic mass is 10.1. The number of carbonyl (C=O) groups excluding carboxylic acids is 2. The molecular formula is C26H21F4N3O3S. The average molecular weight is 532 g/mol. The van der Waals surface area contributed by atoms with Crippen LogP contribution in [0.25, 0.3) is 0 Å². The standard InChI is InChI=1S/C26H21F4N3O3S/c27-19-8-10-20(11-9-19)31-23(34)14-22-24(35)33(16-17-4-2-1-3-5-17)25(37)32(22)15-18-6-12-21(13-7-18)36-26(28,29)30/h1-13,22H,14-16H2,(H,31,34). The number of nitrogens with one attached hydrogen (secondary N) is 1. The topological polar surface area (TPSA) is 61.9 Å². The predicted molar refractivity (Wildman–Crippen MR) is 132 cm³/mol. The van der Waals surface area contributed by atoms with Gasteiger partial charge in [-0.05, 0) is 59.7 Å². The molecule has 11 heteroatoms. The number of anilines is 1. The highest BCUT2D eigenvalue weighted by molar-refractivity contribution is 7.80. The van der Waals surface area contributed by atoms with E-state index in [2.05, 4.69) is 10.1 Å². The van der Waals surface area contributed by atoms with Crippen LogP contribution in [-0.4, -0.2) is 39.1 Å². The van der Waals surface area contributed by atoms with Crippen LogP contribution in [-0.2, 0) is 22.7 Å². The van der Waals surface area contributed by atoms with Crippen LogP contribution in [0.3, 0.4) is 0 Å². The molecule has 1 fully saturated rings. The molecule has 6 nitrogen and oxygen atoms in total. The number of nitrogens with zero attached hydrogens (tertiary/aromatic N) is 2. The van der Waals surface area contributed by atoms with E-state index in [1.807, 2.05) is 30.3 Å². The number of hydrogen-bond donors (Lipinski definition) is 1. The van der Waals surface area contributed by atoms with Crippen LogP contribution < -0.4 is 10.1 Å². The second-order valence-corrected chi connectivity index (χ2v) is 8.65. The fourth-order valence-electron chi connectivity index (χ4n) is 3.90. The van der Waals surface area contributed by atoms with Crippen LogP contribution in [0, 0.1) is 5.82 Å². The molecule has 1 N–H and O–H groups in total. The molecule has 0 aliphatic carbocycles. The Morgan fingerprint density at radius 1 is 0.919 bits per heavy atom. The minimum absolute atomic E-state index is 0.0800. The van der Waals surface area contributed by atoms with E-state index in [9.17, 15) is 27.2 Å². The summed E-state index contributed by atoms with van der Waals surface area (Å²) >= 11 is 5.59. The van der Waals surface area contributed by atoms with Crippen molar-refractivity contribution >= 4 is 34.8 Å². The van der Waals surface area contributed by atoms with Gasteiger partial charge in [0.1, 0.15) is 17.6 Å². The summed E-state index contributed by atoms with van der Waals surface area (Å²) < 4.78 is 54.6. The lowest BCUT2D eigenvalue weighted by Gasteiger charge is -2.24. The van der Waals surface area contributed by atoms with Gasteiger partial charge in [-0.1, -0.05) is 42.5 Å². The van der Waals surface area contributed by atoms with Crippen molar-refractivity contribution in [3.8, 4) is 5.75 Å². The van der Waals surface area contributed by atoms with Crippen LogP contribution in [0.1, 0.15) is 17.5 Å². The summed E-state index contributed by atoms with van der Waals surface area (Å²) in [4.78, 5) is 29.1. The summed E-state index contributed by atoms with van der Waals surface area (Å²) in [6.45, 7) is 0.278. The normalized spacial score (nSPS) is 15.7. The van der Waals surface area contributed by atoms with Gasteiger partial charge in [0.2, 0.25) is 5.91 Å². The molecule has 0 spiro atoms. The summed E-state index contributed by atoms with van der Waals surface area (Å²) in [5.41, 5.74) is 1.77. The third-order valence-corrected chi connectivity index (χ3v) is 6.06. The number of benzene rings is 3. The van der Waals surface area contributed by atoms with Gasteiger partial charge in [0, 0.05) is 12.2 Å². The van der Waals surface area contributed by atoms with Crippen molar-refractivity contribution in [2.45, 2.75) is 31.9 Å². The lowest BCUT2D eigenvalue weighted by molar-refractivity contribution is -0.274. The maximum absolute atomic E-state index is 13.4. The van der Waals surface area contributed by atoms with Crippen molar-refractivity contribution < 1.29 is 31.9 Å². The fraction of sp³-hybridized carbons (Fsp3) is 0.192. The Kier molecular flexibility index (Phi) is 7.72. The van der Waals surface area contributed by atoms with E-state index in [4.69, 9.17) is 12.2 Å². The van der Waals surface area contributed by atoms with Gasteiger partial charge in [-0.25, -0.2) is 4.39 Å². The molecule has 1 atom stereocenters. The number of hydrogen-bond acceptors (Lipinski definition) is 4. The average Bonchev–Trinajstić information content (AvgIpc) is 3.05. The maximum Gasteiger partial charge on any atom is 0.573 e. The zero-order valence-corrected chi connectivity index (χ0v) is 20.1. The predicted octanol–water partition coefficient (Wildman–Crippen LogP) is 5.25. The highest BCUT2D eigenvalue weighted by atomic mass is 32.1. The molecule has 0 bridgehead atoms. The minimum Gasteiger partial charge on any atom is -0.406 e. The van der Waals surface area contributed by atoms with Crippen molar-refractivity contribution in [3.05, 3.63) is 95.8 Å². The first kappa shape index (κ1) is 26.1. The van der Waals surface area contributed by atoms with Gasteiger partial charge >= 0.3 is 6.36 Å². The molecule has 2 amide bonds. The molecule has 4 rings (SSSR count). The highest BCUT2D eigenvalue weighted by Gasteiger charge is 2.43. The second kappa shape index (κ2) is 11.0. The van der Waals surface area contributed by atoms with Crippen LogP contribution >= 0.6 is 12.2 Å². The second-order valence-electron chi connectivity index (χ2n) is 8.29. The Morgan fingerprint density at radius 3 is 2.16 bits per heavy atom. The molecule has 1 aliphatic rings. The molecule has 1 saturated heterocycles. The zero-order chi connectivity index (χ0) is 26.6. The van der Waals surface area contributed by atoms with Crippen LogP contribution in [0.2, 0.25) is 0 Å². The van der Waals surface area contributed by atoms with Crippen LogP contribution in [0.15, 0.2) is 78.9 Å². The first-order chi connectivity index (χ1) is 17.6. The van der Waals surface area contributed by atoms with E-state index in [1.165, 1.54) is 53.4 Å². The van der Waals surface area contributed by atoms with E-state index < -0.39 is 24.1 Å². The quantitative estimate of drug-likeness (QED) is 0.318. The van der Waals surface area contributed by atoms with Crippen LogP contribution in [0.4, 0.5) is 23.2 Å². The van der Waals surface area contributed by atoms with Gasteiger partial charge in [0.15, 0.2) is 5.11 Å². The lowest BCUT2D eigenvalue weighted by Crippen LogP contribution is -2.37. The summed E-state index contributed by atoms with van der Waals surface area (Å²) in [6.07, 6.45) is -5.05. The van der Waals surface area contributed by atoms with Crippen molar-refractivity contribution in [1.29, 1.82) is 0 Å². The van der Waals surface area contributed by atoms with E-state index in [0.29, 0.717) is 11.3 Å². The van der Waals surface area contributed by atoms with E-state index >= 15 is 0 Å². The molecule has 0 aromatic heterocycles. The van der Waals surface area contributed by atoms with E-state index in [-0.39, 0.29) is 36.3 Å². The smallest absolute Gasteiger partial charge is 0.406 e. The Labute approximate surface area is 215 Å². The number of halogens is 4. The number of amides is 2. The molecule has 192 valence electrons. The van der Waals surface area contributed by atoms with Gasteiger partial charge in [-0.2, -0.15) is 0 Å². The fourth-order valence-corrected chi connectivity index (χ4v) is 4.24. The number of alkyl halides is 3. The molecule has 0 saturated carbocycles. The van der Waals surface area contributed by atoms with Gasteiger partial charge in [-0.3, -0.25) is 14.5 Å². The van der Waals surface area contributed by atoms with Crippen molar-refractivity contribution in [2.75, 3.05) is 5.32 Å². The Balaban J connectivity index is 1.53. The summed E-state index contributed by atoms with van der Waals surface area (Å²) in [5.74, 6) is -1.69. The Hall–Kier alpha value is -3.99. The molecule has 3 aromatic rings. The largest absolute Gasteiger partial charge is 0.573 e. The maximum atomic E-state index is 13.4. The third-order valence-electron chi connectivity index (χ3n) is 5.60. The third kappa shape index (κ3) is 6.82. The first-order valence-electron chi connectivity index (χ1n) is 11.1. The number of carbonyl (C=O) groups is 2. The Bertz CT molecular complexity index is 1270. The van der Waals surface area contributed by atoms with Gasteiger partial charge in [0.05, 0.1) is 13.0 Å². The summed E-state index contributed by atoms with van der Waals surface area (Å²) in [7, 11) is 0. The van der Waals surface area contributed by atoms with Crippen molar-refractivity contribution in [1.82, 2.24) is 9.80 Å². The highest BCUT2D eigenvalue weighted by Crippen LogP contribution is 2.27. The minimum atomic E-state index is -4.81. The number of ether oxygens (including phenoxy) is 1. The van der Waals surface area contributed by atoms with Gasteiger partial charge < -0.3 is 15.0 Å². The molecule has 1 unspecified atom stereocenters. The van der Waals surface area contributed by atoms with E-state index in [0.717, 1.165) is 5.56 Å². The van der Waals surface area contributed by atoms with Crippen molar-refractivity contribution in [2.24, 2.45) is 0 Å². The zero-order valence-electron chi connectivity index (χ0n) is 19.2. The van der Waals surface area contributed by atoms with Gasteiger partial charge in [-0.15, -0.1) is 13.2 Å². The molecule has 1 aliphatic heterocycles. The molecule has 3 aromatic carbocycles. The van der Waals surface area contributed by atoms with Crippen molar-refractivity contribution in [3.63, 3.8) is 0 Å². The SMILES string of the molecule is O=C(CC1C(=O)N(Cc2ccccc2)C(=S)N1Cc1ccc(OC(F)(F)F)cc1)Nc1ccc(F)cc1. The first-order valence-corrected chi connectivity index (χ1v) is 11.6. The summed E-state index contributed by atoms with van der Waals surface area (Å²) in [5, 5.41) is 2.84. The number of thiocarbonyl (C=S) groups is 1. The van der Waals surface area contributed by atoms with Gasteiger partial charge in [0.25, 0.3) is 5.91 Å². The molecular weight excluding hydrogens is 510 g/mol. The monoisotopic (exact) mass is 531 g/mol. The Morgan fingerprint density at radius 2 is 1.54 bits per heavy atom. The molecule has 37 heavy (non-hydrogen) atoms. The molecule has 1 heterocycles. The molecule has 0 radical (unpaired) electrons. The summed E-state index contributed by atoms with van der Waals surface area (Å²) in [6, 6.07) is 18.6. The number of rotatable bonds is 8. The van der Waals surface area contributed by atoms with Crippen LogP contribution in [0.5, 0.6) is 5.75 Å².